The van der Waals surface area contributed by atoms with Crippen molar-refractivity contribution in [1.82, 2.24) is 0 Å². The highest BCUT2D eigenvalue weighted by Crippen LogP contribution is 2.32. The van der Waals surface area contributed by atoms with Crippen LogP contribution in [0.5, 0.6) is 17.2 Å². The Morgan fingerprint density at radius 2 is 2.04 bits per heavy atom. The minimum absolute atomic E-state index is 0.143. The van der Waals surface area contributed by atoms with Crippen LogP contribution in [-0.4, -0.2) is 19.7 Å². The van der Waals surface area contributed by atoms with Crippen LogP contribution >= 0.6 is 11.6 Å². The lowest BCUT2D eigenvalue weighted by atomic mass is 10.1. The molecular weight excluding hydrogens is 318 g/mol. The first-order chi connectivity index (χ1) is 11.2. The quantitative estimate of drug-likeness (QED) is 0.665. The Hall–Kier alpha value is -2.66. The van der Waals surface area contributed by atoms with Crippen LogP contribution < -0.4 is 19.5 Å². The average molecular weight is 332 g/mol. The van der Waals surface area contributed by atoms with Crippen LogP contribution in [0.4, 0.5) is 5.69 Å². The molecule has 0 fully saturated rings. The fourth-order valence-corrected chi connectivity index (χ4v) is 2.37. The summed E-state index contributed by atoms with van der Waals surface area (Å²) < 4.78 is 15.6. The number of carbonyl (C=O) groups excluding carboxylic acids is 1. The number of hydrogen-bond donors (Lipinski definition) is 1. The number of fused-ring (bicyclic) bond motifs is 1. The molecule has 0 radical (unpaired) electrons. The monoisotopic (exact) mass is 331 g/mol. The second kappa shape index (κ2) is 6.62. The molecule has 0 atom stereocenters. The molecule has 0 saturated heterocycles. The van der Waals surface area contributed by atoms with E-state index in [9.17, 15) is 4.79 Å². The Bertz CT molecular complexity index is 773. The van der Waals surface area contributed by atoms with E-state index in [2.05, 4.69) is 5.32 Å². The largest absolute Gasteiger partial charge is 0.495 e. The van der Waals surface area contributed by atoms with Gasteiger partial charge in [0.15, 0.2) is 17.3 Å². The maximum Gasteiger partial charge on any atom is 0.231 e. The van der Waals surface area contributed by atoms with Crippen LogP contribution in [0.25, 0.3) is 0 Å². The molecule has 6 heteroatoms. The van der Waals surface area contributed by atoms with Gasteiger partial charge in [-0.25, -0.2) is 0 Å². The number of ketones is 1. The zero-order chi connectivity index (χ0) is 16.2. The van der Waals surface area contributed by atoms with Gasteiger partial charge in [-0.05, 0) is 36.4 Å². The van der Waals surface area contributed by atoms with Crippen LogP contribution in [0.2, 0.25) is 5.02 Å². The molecule has 0 aromatic heterocycles. The fraction of sp³-hybridized carbons (Fsp3) is 0.118. The highest BCUT2D eigenvalue weighted by atomic mass is 35.5. The summed E-state index contributed by atoms with van der Waals surface area (Å²) in [4.78, 5) is 12.1. The molecule has 5 nitrogen and oxygen atoms in total. The standard InChI is InChI=1S/C17H14ClNO4/c1-21-15-5-3-12(9-13(15)18)19-7-6-14(20)11-2-4-16-17(8-11)23-10-22-16/h2-9,19H,10H2,1H3/b7-6+. The lowest BCUT2D eigenvalue weighted by molar-refractivity contribution is 0.104. The molecule has 118 valence electrons. The van der Waals surface area contributed by atoms with Gasteiger partial charge in [0.25, 0.3) is 0 Å². The first-order valence-corrected chi connectivity index (χ1v) is 7.26. The van der Waals surface area contributed by atoms with E-state index in [-0.39, 0.29) is 12.6 Å². The molecule has 0 saturated carbocycles. The zero-order valence-corrected chi connectivity index (χ0v) is 13.1. The smallest absolute Gasteiger partial charge is 0.231 e. The Balaban J connectivity index is 1.66. The lowest BCUT2D eigenvalue weighted by Gasteiger charge is -2.05. The van der Waals surface area contributed by atoms with E-state index in [1.807, 2.05) is 0 Å². The van der Waals surface area contributed by atoms with Gasteiger partial charge in [0.1, 0.15) is 5.75 Å². The third kappa shape index (κ3) is 3.40. The summed E-state index contributed by atoms with van der Waals surface area (Å²) in [6.45, 7) is 0.183. The van der Waals surface area contributed by atoms with Crippen LogP contribution in [0.15, 0.2) is 48.7 Å². The van der Waals surface area contributed by atoms with Crippen molar-refractivity contribution in [3.05, 3.63) is 59.3 Å². The van der Waals surface area contributed by atoms with E-state index >= 15 is 0 Å². The molecule has 0 amide bonds. The minimum Gasteiger partial charge on any atom is -0.495 e. The topological polar surface area (TPSA) is 56.8 Å². The van der Waals surface area contributed by atoms with Crippen LogP contribution in [0, 0.1) is 0 Å². The van der Waals surface area contributed by atoms with Crippen molar-refractivity contribution in [2.45, 2.75) is 0 Å². The summed E-state index contributed by atoms with van der Waals surface area (Å²) in [7, 11) is 1.55. The molecule has 1 aliphatic rings. The van der Waals surface area contributed by atoms with Crippen LogP contribution in [0.1, 0.15) is 10.4 Å². The van der Waals surface area contributed by atoms with Gasteiger partial charge in [-0.1, -0.05) is 11.6 Å². The highest BCUT2D eigenvalue weighted by molar-refractivity contribution is 6.32. The molecular formula is C17H14ClNO4. The summed E-state index contributed by atoms with van der Waals surface area (Å²) in [6.07, 6.45) is 3.00. The summed E-state index contributed by atoms with van der Waals surface area (Å²) >= 11 is 6.04. The molecule has 3 rings (SSSR count). The van der Waals surface area contributed by atoms with Crippen LogP contribution in [-0.2, 0) is 0 Å². The summed E-state index contributed by atoms with van der Waals surface area (Å²) in [6, 6.07) is 10.4. The average Bonchev–Trinajstić information content (AvgIpc) is 3.02. The summed E-state index contributed by atoms with van der Waals surface area (Å²) in [5.74, 6) is 1.68. The maximum atomic E-state index is 12.1. The van der Waals surface area contributed by atoms with Gasteiger partial charge in [0.05, 0.1) is 12.1 Å². The first-order valence-electron chi connectivity index (χ1n) is 6.88. The van der Waals surface area contributed by atoms with Crippen molar-refractivity contribution in [2.75, 3.05) is 19.2 Å². The number of hydrogen-bond acceptors (Lipinski definition) is 5. The van der Waals surface area contributed by atoms with Crippen molar-refractivity contribution in [2.24, 2.45) is 0 Å². The number of anilines is 1. The van der Waals surface area contributed by atoms with Crippen molar-refractivity contribution in [3.63, 3.8) is 0 Å². The zero-order valence-electron chi connectivity index (χ0n) is 12.3. The highest BCUT2D eigenvalue weighted by Gasteiger charge is 2.15. The van der Waals surface area contributed by atoms with Gasteiger partial charge in [-0.2, -0.15) is 0 Å². The number of methoxy groups -OCH3 is 1. The minimum atomic E-state index is -0.143. The third-order valence-corrected chi connectivity index (χ3v) is 3.59. The molecule has 23 heavy (non-hydrogen) atoms. The SMILES string of the molecule is COc1ccc(N/C=C/C(=O)c2ccc3c(c2)OCO3)cc1Cl. The number of carbonyl (C=O) groups is 1. The molecule has 0 unspecified atom stereocenters. The Morgan fingerprint density at radius 1 is 1.22 bits per heavy atom. The van der Waals surface area contributed by atoms with E-state index in [4.69, 9.17) is 25.8 Å². The van der Waals surface area contributed by atoms with Crippen LogP contribution in [0.3, 0.4) is 0 Å². The lowest BCUT2D eigenvalue weighted by Crippen LogP contribution is -1.96. The Labute approximate surface area is 138 Å². The third-order valence-electron chi connectivity index (χ3n) is 3.29. The van der Waals surface area contributed by atoms with Gasteiger partial charge in [0.2, 0.25) is 6.79 Å². The van der Waals surface area contributed by atoms with Gasteiger partial charge in [-0.3, -0.25) is 4.79 Å². The first kappa shape index (κ1) is 15.2. The van der Waals surface area contributed by atoms with E-state index < -0.39 is 0 Å². The number of ether oxygens (including phenoxy) is 3. The molecule has 2 aromatic carbocycles. The van der Waals surface area contributed by atoms with Crippen molar-refractivity contribution >= 4 is 23.1 Å². The number of nitrogens with one attached hydrogen (secondary N) is 1. The van der Waals surface area contributed by atoms with E-state index in [1.54, 1.807) is 49.7 Å². The van der Waals surface area contributed by atoms with Crippen molar-refractivity contribution in [3.8, 4) is 17.2 Å². The summed E-state index contributed by atoms with van der Waals surface area (Å²) in [5.41, 5.74) is 1.28. The molecule has 0 spiro atoms. The molecule has 0 aliphatic carbocycles. The fourth-order valence-electron chi connectivity index (χ4n) is 2.12. The normalized spacial score (nSPS) is 12.4. The second-order valence-corrected chi connectivity index (χ2v) is 5.17. The molecule has 1 N–H and O–H groups in total. The predicted molar refractivity (Wildman–Crippen MR) is 87.7 cm³/mol. The number of allylic oxidation sites excluding steroid dienone is 1. The maximum absolute atomic E-state index is 12.1. The number of benzene rings is 2. The van der Waals surface area contributed by atoms with Crippen molar-refractivity contribution in [1.29, 1.82) is 0 Å². The number of halogens is 1. The van der Waals surface area contributed by atoms with E-state index in [0.29, 0.717) is 27.8 Å². The summed E-state index contributed by atoms with van der Waals surface area (Å²) in [5, 5.41) is 3.49. The van der Waals surface area contributed by atoms with Gasteiger partial charge >= 0.3 is 0 Å². The van der Waals surface area contributed by atoms with E-state index in [1.165, 1.54) is 6.08 Å². The Morgan fingerprint density at radius 3 is 2.83 bits per heavy atom. The molecule has 1 aliphatic heterocycles. The predicted octanol–water partition coefficient (Wildman–Crippen LogP) is 3.89. The molecule has 1 heterocycles. The molecule has 0 bridgehead atoms. The van der Waals surface area contributed by atoms with Gasteiger partial charge in [-0.15, -0.1) is 0 Å². The number of rotatable bonds is 5. The molecule has 2 aromatic rings. The van der Waals surface area contributed by atoms with E-state index in [0.717, 1.165) is 5.69 Å². The van der Waals surface area contributed by atoms with Gasteiger partial charge < -0.3 is 19.5 Å². The van der Waals surface area contributed by atoms with Crippen molar-refractivity contribution < 1.29 is 19.0 Å². The van der Waals surface area contributed by atoms with Gasteiger partial charge in [0, 0.05) is 23.5 Å². The Kier molecular flexibility index (Phi) is 4.39. The second-order valence-electron chi connectivity index (χ2n) is 4.76.